The quantitative estimate of drug-likeness (QED) is 0.742. The highest BCUT2D eigenvalue weighted by molar-refractivity contribution is 4.93. The molecule has 3 heteroatoms. The maximum atomic E-state index is 6.20. The molecule has 0 aromatic heterocycles. The number of rotatable bonds is 3. The number of hydrogen-bond acceptors (Lipinski definition) is 3. The van der Waals surface area contributed by atoms with Crippen LogP contribution in [-0.4, -0.2) is 56.1 Å². The van der Waals surface area contributed by atoms with Crippen LogP contribution in [0, 0.1) is 11.8 Å². The van der Waals surface area contributed by atoms with Crippen LogP contribution in [0.2, 0.25) is 0 Å². The summed E-state index contributed by atoms with van der Waals surface area (Å²) in [5.41, 5.74) is 6.20. The van der Waals surface area contributed by atoms with Gasteiger partial charge in [-0.25, -0.2) is 0 Å². The number of likely N-dealkylation sites (tertiary alicyclic amines) is 1. The zero-order valence-corrected chi connectivity index (χ0v) is 10.2. The molecule has 88 valence electrons. The summed E-state index contributed by atoms with van der Waals surface area (Å²) in [4.78, 5) is 4.88. The molecular weight excluding hydrogens is 186 g/mol. The molecular formula is C12H25N3. The highest BCUT2D eigenvalue weighted by Gasteiger charge is 2.38. The molecule has 0 aromatic carbocycles. The van der Waals surface area contributed by atoms with Gasteiger partial charge in [0.1, 0.15) is 0 Å². The molecule has 0 aromatic rings. The molecule has 0 radical (unpaired) electrons. The van der Waals surface area contributed by atoms with Crippen LogP contribution in [0.25, 0.3) is 0 Å². The molecule has 15 heavy (non-hydrogen) atoms. The topological polar surface area (TPSA) is 32.5 Å². The van der Waals surface area contributed by atoms with Crippen LogP contribution in [0.1, 0.15) is 19.3 Å². The maximum absolute atomic E-state index is 6.20. The minimum absolute atomic E-state index is 0.480. The summed E-state index contributed by atoms with van der Waals surface area (Å²) in [6.07, 6.45) is 4.02. The predicted octanol–water partition coefficient (Wildman–Crippen LogP) is 0.607. The predicted molar refractivity (Wildman–Crippen MR) is 63.8 cm³/mol. The van der Waals surface area contributed by atoms with Gasteiger partial charge < -0.3 is 15.5 Å². The first-order chi connectivity index (χ1) is 7.16. The fourth-order valence-corrected chi connectivity index (χ4v) is 3.13. The first kappa shape index (κ1) is 11.4. The average molecular weight is 211 g/mol. The second-order valence-electron chi connectivity index (χ2n) is 5.58. The van der Waals surface area contributed by atoms with Crippen LogP contribution >= 0.6 is 0 Å². The molecule has 2 aliphatic rings. The molecule has 3 atom stereocenters. The van der Waals surface area contributed by atoms with E-state index in [1.165, 1.54) is 45.4 Å². The van der Waals surface area contributed by atoms with Gasteiger partial charge in [-0.1, -0.05) is 6.42 Å². The van der Waals surface area contributed by atoms with Crippen molar-refractivity contribution in [2.24, 2.45) is 17.6 Å². The molecule has 2 fully saturated rings. The third-order valence-corrected chi connectivity index (χ3v) is 4.09. The van der Waals surface area contributed by atoms with E-state index < -0.39 is 0 Å². The van der Waals surface area contributed by atoms with Crippen LogP contribution in [0.3, 0.4) is 0 Å². The summed E-state index contributed by atoms with van der Waals surface area (Å²) >= 11 is 0. The fraction of sp³-hybridized carbons (Fsp3) is 1.00. The monoisotopic (exact) mass is 211 g/mol. The Morgan fingerprint density at radius 1 is 1.27 bits per heavy atom. The smallest absolute Gasteiger partial charge is 0.0109 e. The molecule has 1 saturated carbocycles. The van der Waals surface area contributed by atoms with E-state index in [0.29, 0.717) is 6.04 Å². The van der Waals surface area contributed by atoms with Crippen LogP contribution in [0.4, 0.5) is 0 Å². The van der Waals surface area contributed by atoms with Crippen molar-refractivity contribution in [1.82, 2.24) is 9.80 Å². The van der Waals surface area contributed by atoms with E-state index in [2.05, 4.69) is 23.9 Å². The van der Waals surface area contributed by atoms with Crippen LogP contribution in [0.15, 0.2) is 0 Å². The van der Waals surface area contributed by atoms with Crippen LogP contribution in [0.5, 0.6) is 0 Å². The van der Waals surface area contributed by atoms with Crippen molar-refractivity contribution in [3.63, 3.8) is 0 Å². The van der Waals surface area contributed by atoms with E-state index >= 15 is 0 Å². The van der Waals surface area contributed by atoms with Gasteiger partial charge in [-0.05, 0) is 38.8 Å². The first-order valence-corrected chi connectivity index (χ1v) is 6.29. The van der Waals surface area contributed by atoms with Crippen molar-refractivity contribution >= 4 is 0 Å². The molecule has 3 nitrogen and oxygen atoms in total. The van der Waals surface area contributed by atoms with Gasteiger partial charge in [0.15, 0.2) is 0 Å². The normalized spacial score (nSPS) is 37.2. The second kappa shape index (κ2) is 4.81. The Morgan fingerprint density at radius 2 is 2.07 bits per heavy atom. The minimum Gasteiger partial charge on any atom is -0.327 e. The Bertz CT molecular complexity index is 205. The summed E-state index contributed by atoms with van der Waals surface area (Å²) in [6, 6.07) is 0.480. The van der Waals surface area contributed by atoms with Gasteiger partial charge in [0.2, 0.25) is 0 Å². The molecule has 2 rings (SSSR count). The summed E-state index contributed by atoms with van der Waals surface area (Å²) in [5.74, 6) is 1.69. The lowest BCUT2D eigenvalue weighted by atomic mass is 9.78. The van der Waals surface area contributed by atoms with Gasteiger partial charge in [0.25, 0.3) is 0 Å². The van der Waals surface area contributed by atoms with Crippen LogP contribution in [-0.2, 0) is 0 Å². The van der Waals surface area contributed by atoms with Crippen molar-refractivity contribution in [2.75, 3.05) is 40.3 Å². The van der Waals surface area contributed by atoms with E-state index in [9.17, 15) is 0 Å². The number of nitrogens with two attached hydrogens (primary N) is 1. The van der Waals surface area contributed by atoms with E-state index in [1.807, 2.05) is 0 Å². The van der Waals surface area contributed by atoms with Crippen molar-refractivity contribution in [3.05, 3.63) is 0 Å². The molecule has 1 heterocycles. The van der Waals surface area contributed by atoms with Crippen LogP contribution < -0.4 is 5.73 Å². The zero-order valence-electron chi connectivity index (χ0n) is 10.2. The Labute approximate surface area is 93.6 Å². The van der Waals surface area contributed by atoms with E-state index in [-0.39, 0.29) is 0 Å². The molecule has 1 saturated heterocycles. The summed E-state index contributed by atoms with van der Waals surface area (Å²) in [6.45, 7) is 4.94. The summed E-state index contributed by atoms with van der Waals surface area (Å²) in [5, 5.41) is 0. The van der Waals surface area contributed by atoms with Gasteiger partial charge in [0.05, 0.1) is 0 Å². The molecule has 1 aliphatic carbocycles. The lowest BCUT2D eigenvalue weighted by Crippen LogP contribution is -2.38. The van der Waals surface area contributed by atoms with Crippen molar-refractivity contribution < 1.29 is 0 Å². The standard InChI is InChI=1S/C12H25N3/c1-14(2)6-7-15-8-10-4-3-5-12(13)11(10)9-15/h10-12H,3-9,13H2,1-2H3. The number of hydrogen-bond donors (Lipinski definition) is 1. The highest BCUT2D eigenvalue weighted by atomic mass is 15.2. The number of nitrogens with zero attached hydrogens (tertiary/aromatic N) is 2. The highest BCUT2D eigenvalue weighted by Crippen LogP contribution is 2.35. The largest absolute Gasteiger partial charge is 0.327 e. The van der Waals surface area contributed by atoms with E-state index in [1.54, 1.807) is 0 Å². The van der Waals surface area contributed by atoms with Gasteiger partial charge in [-0.2, -0.15) is 0 Å². The first-order valence-electron chi connectivity index (χ1n) is 6.29. The molecule has 3 unspecified atom stereocenters. The zero-order chi connectivity index (χ0) is 10.8. The average Bonchev–Trinajstić information content (AvgIpc) is 2.59. The number of fused-ring (bicyclic) bond motifs is 1. The summed E-state index contributed by atoms with van der Waals surface area (Å²) in [7, 11) is 4.30. The van der Waals surface area contributed by atoms with Gasteiger partial charge in [-0.3, -0.25) is 0 Å². The van der Waals surface area contributed by atoms with Gasteiger partial charge in [0, 0.05) is 32.2 Å². The third-order valence-electron chi connectivity index (χ3n) is 4.09. The SMILES string of the molecule is CN(C)CCN1CC2CCCC(N)C2C1. The Morgan fingerprint density at radius 3 is 2.73 bits per heavy atom. The molecule has 2 N–H and O–H groups in total. The molecule has 1 aliphatic heterocycles. The van der Waals surface area contributed by atoms with E-state index in [4.69, 9.17) is 5.73 Å². The second-order valence-corrected chi connectivity index (χ2v) is 5.58. The van der Waals surface area contributed by atoms with Crippen molar-refractivity contribution in [2.45, 2.75) is 25.3 Å². The van der Waals surface area contributed by atoms with Crippen molar-refractivity contribution in [1.29, 1.82) is 0 Å². The number of likely N-dealkylation sites (N-methyl/N-ethyl adjacent to an activating group) is 1. The molecule has 0 bridgehead atoms. The molecule has 0 amide bonds. The lowest BCUT2D eigenvalue weighted by Gasteiger charge is -2.29. The van der Waals surface area contributed by atoms with Crippen molar-refractivity contribution in [3.8, 4) is 0 Å². The van der Waals surface area contributed by atoms with E-state index in [0.717, 1.165) is 11.8 Å². The fourth-order valence-electron chi connectivity index (χ4n) is 3.13. The minimum atomic E-state index is 0.480. The van der Waals surface area contributed by atoms with Gasteiger partial charge >= 0.3 is 0 Å². The lowest BCUT2D eigenvalue weighted by molar-refractivity contribution is 0.257. The summed E-state index contributed by atoms with van der Waals surface area (Å²) < 4.78 is 0. The molecule has 0 spiro atoms. The third kappa shape index (κ3) is 2.71. The van der Waals surface area contributed by atoms with Gasteiger partial charge in [-0.15, -0.1) is 0 Å². The Hall–Kier alpha value is -0.120. The Balaban J connectivity index is 1.82. The maximum Gasteiger partial charge on any atom is 0.0109 e. The Kier molecular flexibility index (Phi) is 3.65.